The number of rotatable bonds is 6. The number of aryl methyl sites for hydroxylation is 2. The van der Waals surface area contributed by atoms with Crippen molar-refractivity contribution in [1.29, 1.82) is 0 Å². The fourth-order valence-electron chi connectivity index (χ4n) is 3.23. The Bertz CT molecular complexity index is 1270. The van der Waals surface area contributed by atoms with E-state index in [2.05, 4.69) is 25.3 Å². The number of anilines is 3. The molecule has 0 fully saturated rings. The lowest BCUT2D eigenvalue weighted by atomic mass is 10.1. The Balaban J connectivity index is 1.49. The van der Waals surface area contributed by atoms with Gasteiger partial charge in [-0.05, 0) is 49.7 Å². The largest absolute Gasteiger partial charge is 0.495 e. The summed E-state index contributed by atoms with van der Waals surface area (Å²) in [7, 11) is 1.57. The molecule has 0 amide bonds. The van der Waals surface area contributed by atoms with Crippen LogP contribution in [0.25, 0.3) is 10.9 Å². The Hall–Kier alpha value is -4.14. The molecule has 0 radical (unpaired) electrons. The number of hydrogen-bond donors (Lipinski definition) is 3. The Morgan fingerprint density at radius 2 is 1.94 bits per heavy atom. The highest BCUT2D eigenvalue weighted by Gasteiger charge is 2.13. The van der Waals surface area contributed by atoms with E-state index < -0.39 is 5.97 Å². The van der Waals surface area contributed by atoms with Crippen molar-refractivity contribution in [2.75, 3.05) is 18.2 Å². The molecular formula is C22H22N6O3. The number of nitrogens with one attached hydrogen (secondary N) is 2. The van der Waals surface area contributed by atoms with Crippen LogP contribution < -0.4 is 15.8 Å². The predicted molar refractivity (Wildman–Crippen MR) is 117 cm³/mol. The number of H-pyrrole nitrogens is 1. The highest BCUT2D eigenvalue weighted by atomic mass is 16.5. The molecule has 0 unspecified atom stereocenters. The summed E-state index contributed by atoms with van der Waals surface area (Å²) in [5.41, 5.74) is 10.1. The van der Waals surface area contributed by atoms with Gasteiger partial charge in [-0.3, -0.25) is 0 Å². The van der Waals surface area contributed by atoms with Crippen molar-refractivity contribution in [2.45, 2.75) is 20.5 Å². The van der Waals surface area contributed by atoms with Gasteiger partial charge in [0.05, 0.1) is 18.4 Å². The van der Waals surface area contributed by atoms with E-state index in [0.29, 0.717) is 17.0 Å². The maximum Gasteiger partial charge on any atom is 0.338 e. The van der Waals surface area contributed by atoms with E-state index in [1.54, 1.807) is 19.2 Å². The zero-order valence-electron chi connectivity index (χ0n) is 17.4. The van der Waals surface area contributed by atoms with Crippen LogP contribution in [0, 0.1) is 13.8 Å². The zero-order valence-corrected chi connectivity index (χ0v) is 17.4. The van der Waals surface area contributed by atoms with E-state index in [1.807, 2.05) is 44.2 Å². The lowest BCUT2D eigenvalue weighted by molar-refractivity contribution is 0.0462. The molecule has 4 aromatic rings. The number of hydrogen-bond acceptors (Lipinski definition) is 8. The summed E-state index contributed by atoms with van der Waals surface area (Å²) >= 11 is 0. The number of aromatic nitrogens is 4. The second-order valence-electron chi connectivity index (χ2n) is 6.97. The minimum absolute atomic E-state index is 0.0123. The maximum absolute atomic E-state index is 12.6. The summed E-state index contributed by atoms with van der Waals surface area (Å²) in [5, 5.41) is 4.03. The summed E-state index contributed by atoms with van der Waals surface area (Å²) < 4.78 is 10.7. The molecule has 4 rings (SSSR count). The van der Waals surface area contributed by atoms with Gasteiger partial charge in [0.25, 0.3) is 0 Å². The third kappa shape index (κ3) is 4.25. The molecule has 0 aliphatic rings. The van der Waals surface area contributed by atoms with Gasteiger partial charge in [0, 0.05) is 16.6 Å². The predicted octanol–water partition coefficient (Wildman–Crippen LogP) is 3.66. The number of ether oxygens (including phenoxy) is 2. The molecule has 158 valence electrons. The van der Waals surface area contributed by atoms with Crippen LogP contribution in [0.4, 0.5) is 17.6 Å². The summed E-state index contributed by atoms with van der Waals surface area (Å²) in [6.45, 7) is 3.86. The van der Waals surface area contributed by atoms with E-state index in [0.717, 1.165) is 22.2 Å². The van der Waals surface area contributed by atoms with Gasteiger partial charge in [0.2, 0.25) is 11.9 Å². The lowest BCUT2D eigenvalue weighted by Crippen LogP contribution is -2.11. The average molecular weight is 418 g/mol. The van der Waals surface area contributed by atoms with Crippen LogP contribution in [-0.2, 0) is 11.3 Å². The number of methoxy groups -OCH3 is 1. The molecule has 2 aromatic carbocycles. The molecule has 0 aliphatic carbocycles. The van der Waals surface area contributed by atoms with Gasteiger partial charge in [0.1, 0.15) is 5.75 Å². The number of benzene rings is 2. The van der Waals surface area contributed by atoms with Crippen LogP contribution >= 0.6 is 0 Å². The third-order valence-corrected chi connectivity index (χ3v) is 4.93. The Morgan fingerprint density at radius 1 is 1.13 bits per heavy atom. The monoisotopic (exact) mass is 418 g/mol. The fourth-order valence-corrected chi connectivity index (χ4v) is 3.23. The Kier molecular flexibility index (Phi) is 5.40. The van der Waals surface area contributed by atoms with Crippen LogP contribution in [0.2, 0.25) is 0 Å². The Morgan fingerprint density at radius 3 is 2.74 bits per heavy atom. The van der Waals surface area contributed by atoms with Crippen LogP contribution in [0.5, 0.6) is 5.75 Å². The van der Waals surface area contributed by atoms with Crippen molar-refractivity contribution in [2.24, 2.45) is 0 Å². The molecule has 0 spiro atoms. The molecule has 0 atom stereocenters. The standard InChI is InChI=1S/C22H22N6O3/c1-12-13(2)24-16-9-8-14(10-15(12)16)20(29)31-11-19-26-21(23)28-22(27-19)25-17-6-4-5-7-18(17)30-3/h4-10,24H,11H2,1-3H3,(H3,23,25,26,27,28). The molecule has 9 heteroatoms. The van der Waals surface area contributed by atoms with Crippen LogP contribution in [0.3, 0.4) is 0 Å². The van der Waals surface area contributed by atoms with E-state index in [-0.39, 0.29) is 24.3 Å². The number of para-hydroxylation sites is 2. The number of carbonyl (C=O) groups excluding carboxylic acids is 1. The number of carbonyl (C=O) groups is 1. The molecule has 9 nitrogen and oxygen atoms in total. The molecule has 0 saturated carbocycles. The van der Waals surface area contributed by atoms with Gasteiger partial charge in [-0.25, -0.2) is 4.79 Å². The first-order chi connectivity index (χ1) is 14.9. The number of aromatic amines is 1. The van der Waals surface area contributed by atoms with Crippen molar-refractivity contribution < 1.29 is 14.3 Å². The van der Waals surface area contributed by atoms with E-state index >= 15 is 0 Å². The summed E-state index contributed by atoms with van der Waals surface area (Å²) in [6.07, 6.45) is 0. The van der Waals surface area contributed by atoms with Crippen LogP contribution in [-0.4, -0.2) is 33.0 Å². The van der Waals surface area contributed by atoms with E-state index in [9.17, 15) is 4.79 Å². The quantitative estimate of drug-likeness (QED) is 0.405. The smallest absolute Gasteiger partial charge is 0.338 e. The van der Waals surface area contributed by atoms with E-state index in [4.69, 9.17) is 15.2 Å². The normalized spacial score (nSPS) is 10.8. The van der Waals surface area contributed by atoms with Crippen LogP contribution in [0.1, 0.15) is 27.4 Å². The van der Waals surface area contributed by atoms with Crippen molar-refractivity contribution in [3.8, 4) is 5.75 Å². The molecule has 0 aliphatic heterocycles. The maximum atomic E-state index is 12.6. The van der Waals surface area contributed by atoms with Gasteiger partial charge in [-0.2, -0.15) is 15.0 Å². The number of esters is 1. The molecule has 0 saturated heterocycles. The minimum atomic E-state index is -0.474. The fraction of sp³-hybridized carbons (Fsp3) is 0.182. The topological polar surface area (TPSA) is 128 Å². The lowest BCUT2D eigenvalue weighted by Gasteiger charge is -2.11. The molecule has 4 N–H and O–H groups in total. The van der Waals surface area contributed by atoms with Gasteiger partial charge in [0.15, 0.2) is 12.4 Å². The summed E-state index contributed by atoms with van der Waals surface area (Å²) in [4.78, 5) is 28.3. The number of nitrogens with zero attached hydrogens (tertiary/aromatic N) is 3. The second-order valence-corrected chi connectivity index (χ2v) is 6.97. The zero-order chi connectivity index (χ0) is 22.0. The number of fused-ring (bicyclic) bond motifs is 1. The average Bonchev–Trinajstić information content (AvgIpc) is 3.05. The first kappa shape index (κ1) is 20.1. The van der Waals surface area contributed by atoms with Gasteiger partial charge in [-0.1, -0.05) is 12.1 Å². The van der Waals surface area contributed by atoms with Crippen molar-refractivity contribution >= 4 is 34.5 Å². The third-order valence-electron chi connectivity index (χ3n) is 4.93. The molecule has 31 heavy (non-hydrogen) atoms. The van der Waals surface area contributed by atoms with Gasteiger partial charge >= 0.3 is 5.97 Å². The van der Waals surface area contributed by atoms with Crippen molar-refractivity contribution in [1.82, 2.24) is 19.9 Å². The SMILES string of the molecule is COc1ccccc1Nc1nc(N)nc(COC(=O)c2ccc3[nH]c(C)c(C)c3c2)n1. The highest BCUT2D eigenvalue weighted by molar-refractivity contribution is 5.96. The molecule has 2 heterocycles. The first-order valence-corrected chi connectivity index (χ1v) is 9.61. The second kappa shape index (κ2) is 8.31. The molecular weight excluding hydrogens is 396 g/mol. The van der Waals surface area contributed by atoms with Gasteiger partial charge < -0.3 is 25.5 Å². The number of nitrogens with two attached hydrogens (primary N) is 1. The molecule has 0 bridgehead atoms. The molecule has 2 aromatic heterocycles. The van der Waals surface area contributed by atoms with E-state index in [1.165, 1.54) is 0 Å². The van der Waals surface area contributed by atoms with Crippen molar-refractivity contribution in [3.05, 3.63) is 65.1 Å². The number of nitrogen functional groups attached to an aromatic ring is 1. The van der Waals surface area contributed by atoms with Gasteiger partial charge in [-0.15, -0.1) is 0 Å². The minimum Gasteiger partial charge on any atom is -0.495 e. The first-order valence-electron chi connectivity index (χ1n) is 9.61. The van der Waals surface area contributed by atoms with Crippen molar-refractivity contribution in [3.63, 3.8) is 0 Å². The Labute approximate surface area is 178 Å². The highest BCUT2D eigenvalue weighted by Crippen LogP contribution is 2.26. The summed E-state index contributed by atoms with van der Waals surface area (Å²) in [5.74, 6) is 0.618. The van der Waals surface area contributed by atoms with Crippen LogP contribution in [0.15, 0.2) is 42.5 Å². The summed E-state index contributed by atoms with van der Waals surface area (Å²) in [6, 6.07) is 12.7.